The average Bonchev–Trinajstić information content (AvgIpc) is 2.81. The van der Waals surface area contributed by atoms with Crippen LogP contribution < -0.4 is 0 Å². The van der Waals surface area contributed by atoms with Crippen molar-refractivity contribution in [3.63, 3.8) is 0 Å². The van der Waals surface area contributed by atoms with E-state index >= 15 is 0 Å². The van der Waals surface area contributed by atoms with Crippen LogP contribution in [0.5, 0.6) is 0 Å². The number of hydrogen-bond donors (Lipinski definition) is 0. The van der Waals surface area contributed by atoms with E-state index in [9.17, 15) is 9.59 Å². The van der Waals surface area contributed by atoms with E-state index in [0.29, 0.717) is 11.3 Å². The molecule has 0 aromatic carbocycles. The largest absolute Gasteiger partial charge is 0.365 e. The monoisotopic (exact) mass is 163 g/mol. The summed E-state index contributed by atoms with van der Waals surface area (Å²) < 4.78 is 0. The van der Waals surface area contributed by atoms with Crippen LogP contribution in [0.4, 0.5) is 0 Å². The van der Waals surface area contributed by atoms with Gasteiger partial charge >= 0.3 is 0 Å². The van der Waals surface area contributed by atoms with Crippen molar-refractivity contribution in [2.75, 3.05) is 13.1 Å². The zero-order valence-corrected chi connectivity index (χ0v) is 6.83. The summed E-state index contributed by atoms with van der Waals surface area (Å²) in [7, 11) is 0. The Hall–Kier alpha value is -1.38. The fourth-order valence-electron chi connectivity index (χ4n) is 1.32. The lowest BCUT2D eigenvalue weighted by Gasteiger charge is -2.11. The summed E-state index contributed by atoms with van der Waals surface area (Å²) >= 11 is 0. The third kappa shape index (κ3) is 0.978. The molecule has 0 aromatic rings. The second kappa shape index (κ2) is 2.30. The molecule has 0 bridgehead atoms. The lowest BCUT2D eigenvalue weighted by Crippen LogP contribution is -2.18. The van der Waals surface area contributed by atoms with Crippen LogP contribution in [0, 0.1) is 0 Å². The van der Waals surface area contributed by atoms with Crippen molar-refractivity contribution in [2.24, 2.45) is 0 Å². The number of nitrogens with zero attached hydrogens (tertiary/aromatic N) is 1. The zero-order valence-electron chi connectivity index (χ0n) is 6.83. The second-order valence-corrected chi connectivity index (χ2v) is 3.02. The van der Waals surface area contributed by atoms with Gasteiger partial charge in [-0.1, -0.05) is 0 Å². The molecule has 0 unspecified atom stereocenters. The van der Waals surface area contributed by atoms with Crippen LogP contribution in [-0.4, -0.2) is 29.6 Å². The van der Waals surface area contributed by atoms with E-state index in [1.165, 1.54) is 12.2 Å². The molecule has 1 saturated heterocycles. The van der Waals surface area contributed by atoms with Gasteiger partial charge in [0.1, 0.15) is 0 Å². The molecule has 62 valence electrons. The first kappa shape index (κ1) is 7.28. The van der Waals surface area contributed by atoms with E-state index in [1.807, 2.05) is 4.90 Å². The van der Waals surface area contributed by atoms with Crippen LogP contribution in [0.2, 0.25) is 0 Å². The third-order valence-corrected chi connectivity index (χ3v) is 2.11. The van der Waals surface area contributed by atoms with Gasteiger partial charge in [0.2, 0.25) is 5.78 Å². The smallest absolute Gasteiger partial charge is 0.202 e. The summed E-state index contributed by atoms with van der Waals surface area (Å²) in [5.41, 5.74) is 1.18. The highest BCUT2D eigenvalue weighted by molar-refractivity contribution is 6.19. The normalized spacial score (nSPS) is 22.2. The predicted octanol–water partition coefficient (Wildman–Crippen LogP) is 0.284. The fourth-order valence-corrected chi connectivity index (χ4v) is 1.32. The molecule has 1 heterocycles. The Morgan fingerprint density at radius 3 is 2.33 bits per heavy atom. The van der Waals surface area contributed by atoms with Crippen LogP contribution in [-0.2, 0) is 9.59 Å². The highest BCUT2D eigenvalue weighted by Gasteiger charge is 2.30. The molecular formula is C9H9NO2. The van der Waals surface area contributed by atoms with Crippen LogP contribution in [0.1, 0.15) is 6.92 Å². The molecule has 0 atom stereocenters. The van der Waals surface area contributed by atoms with E-state index in [2.05, 4.69) is 0 Å². The quantitative estimate of drug-likeness (QED) is 0.411. The molecule has 0 N–H and O–H groups in total. The molecular weight excluding hydrogens is 154 g/mol. The number of carbonyl (C=O) groups is 2. The van der Waals surface area contributed by atoms with Gasteiger partial charge in [-0.25, -0.2) is 0 Å². The fraction of sp³-hybridized carbons (Fsp3) is 0.333. The SMILES string of the molecule is CC1=C(N2CC2)C(=O)C=CC1=O. The van der Waals surface area contributed by atoms with E-state index in [4.69, 9.17) is 0 Å². The van der Waals surface area contributed by atoms with Crippen molar-refractivity contribution >= 4 is 11.6 Å². The molecule has 0 spiro atoms. The van der Waals surface area contributed by atoms with Crippen LogP contribution in [0.3, 0.4) is 0 Å². The zero-order chi connectivity index (χ0) is 8.72. The minimum absolute atomic E-state index is 0.0374. The molecule has 1 aliphatic carbocycles. The van der Waals surface area contributed by atoms with Gasteiger partial charge in [0.05, 0.1) is 5.70 Å². The predicted molar refractivity (Wildman–Crippen MR) is 43.4 cm³/mol. The van der Waals surface area contributed by atoms with Crippen LogP contribution in [0.15, 0.2) is 23.4 Å². The molecule has 0 aromatic heterocycles. The van der Waals surface area contributed by atoms with Gasteiger partial charge in [0.25, 0.3) is 0 Å². The molecule has 0 saturated carbocycles. The Balaban J connectivity index is 2.41. The highest BCUT2D eigenvalue weighted by Crippen LogP contribution is 2.22. The second-order valence-electron chi connectivity index (χ2n) is 3.02. The summed E-state index contributed by atoms with van der Waals surface area (Å²) in [6, 6.07) is 0. The maximum absolute atomic E-state index is 11.3. The molecule has 0 amide bonds. The lowest BCUT2D eigenvalue weighted by molar-refractivity contribution is -0.115. The number of rotatable bonds is 1. The summed E-state index contributed by atoms with van der Waals surface area (Å²) in [6.45, 7) is 3.51. The van der Waals surface area contributed by atoms with Gasteiger partial charge < -0.3 is 4.90 Å². The number of hydrogen-bond acceptors (Lipinski definition) is 3. The molecule has 3 nitrogen and oxygen atoms in total. The van der Waals surface area contributed by atoms with Crippen molar-refractivity contribution in [1.29, 1.82) is 0 Å². The Labute approximate surface area is 70.4 Å². The first-order valence-electron chi connectivity index (χ1n) is 3.92. The van der Waals surface area contributed by atoms with Gasteiger partial charge in [-0.05, 0) is 19.1 Å². The Bertz CT molecular complexity index is 321. The van der Waals surface area contributed by atoms with Crippen molar-refractivity contribution in [3.8, 4) is 0 Å². The summed E-state index contributed by atoms with van der Waals surface area (Å²) in [4.78, 5) is 24.4. The highest BCUT2D eigenvalue weighted by atomic mass is 16.1. The Kier molecular flexibility index (Phi) is 1.40. The van der Waals surface area contributed by atoms with Crippen molar-refractivity contribution in [2.45, 2.75) is 6.92 Å². The molecule has 1 aliphatic heterocycles. The van der Waals surface area contributed by atoms with Gasteiger partial charge in [-0.2, -0.15) is 0 Å². The van der Waals surface area contributed by atoms with E-state index in [1.54, 1.807) is 6.92 Å². The maximum Gasteiger partial charge on any atom is 0.202 e. The number of allylic oxidation sites excluding steroid dienone is 3. The van der Waals surface area contributed by atoms with Crippen molar-refractivity contribution in [3.05, 3.63) is 23.4 Å². The number of carbonyl (C=O) groups excluding carboxylic acids is 2. The third-order valence-electron chi connectivity index (χ3n) is 2.11. The van der Waals surface area contributed by atoms with E-state index < -0.39 is 0 Å². The van der Waals surface area contributed by atoms with E-state index in [-0.39, 0.29) is 11.6 Å². The van der Waals surface area contributed by atoms with Gasteiger partial charge in [0, 0.05) is 18.7 Å². The maximum atomic E-state index is 11.3. The molecule has 12 heavy (non-hydrogen) atoms. The van der Waals surface area contributed by atoms with Gasteiger partial charge in [0.15, 0.2) is 5.78 Å². The van der Waals surface area contributed by atoms with Gasteiger partial charge in [-0.15, -0.1) is 0 Å². The Morgan fingerprint density at radius 1 is 1.17 bits per heavy atom. The minimum atomic E-state index is -0.0449. The Morgan fingerprint density at radius 2 is 1.75 bits per heavy atom. The van der Waals surface area contributed by atoms with Crippen molar-refractivity contribution in [1.82, 2.24) is 4.90 Å². The van der Waals surface area contributed by atoms with Gasteiger partial charge in [-0.3, -0.25) is 9.59 Å². The summed E-state index contributed by atoms with van der Waals surface area (Å²) in [6.07, 6.45) is 2.69. The minimum Gasteiger partial charge on any atom is -0.365 e. The van der Waals surface area contributed by atoms with Crippen LogP contribution in [0.25, 0.3) is 0 Å². The lowest BCUT2D eigenvalue weighted by atomic mass is 10.0. The number of ketones is 2. The molecule has 1 fully saturated rings. The molecule has 2 aliphatic rings. The standard InChI is InChI=1S/C9H9NO2/c1-6-7(11)2-3-8(12)9(6)10-4-5-10/h2-3H,4-5H2,1H3. The molecule has 3 heteroatoms. The topological polar surface area (TPSA) is 37.1 Å². The molecule has 0 radical (unpaired) electrons. The summed E-state index contributed by atoms with van der Waals surface area (Å²) in [5.74, 6) is -0.0823. The first-order valence-corrected chi connectivity index (χ1v) is 3.92. The van der Waals surface area contributed by atoms with E-state index in [0.717, 1.165) is 13.1 Å². The first-order chi connectivity index (χ1) is 5.70. The molecule has 2 rings (SSSR count). The summed E-state index contributed by atoms with van der Waals surface area (Å²) in [5, 5.41) is 0. The van der Waals surface area contributed by atoms with Crippen LogP contribution >= 0.6 is 0 Å². The average molecular weight is 163 g/mol. The van der Waals surface area contributed by atoms with Crippen molar-refractivity contribution < 1.29 is 9.59 Å².